The van der Waals surface area contributed by atoms with Crippen LogP contribution in [0.5, 0.6) is 0 Å². The second-order valence-corrected chi connectivity index (χ2v) is 2.55. The molecule has 0 N–H and O–H groups in total. The molecule has 0 amide bonds. The van der Waals surface area contributed by atoms with E-state index in [0.29, 0.717) is 6.04 Å². The molecule has 68 valence electrons. The summed E-state index contributed by atoms with van der Waals surface area (Å²) < 4.78 is 5.27. The molecular formula is C9H21NO. The minimum absolute atomic E-state index is 0.628. The van der Waals surface area contributed by atoms with E-state index in [1.807, 2.05) is 13.8 Å². The van der Waals surface area contributed by atoms with E-state index in [2.05, 4.69) is 18.7 Å². The molecule has 1 rings (SSSR count). The molecule has 0 aromatic carbocycles. The third-order valence-electron chi connectivity index (χ3n) is 1.91. The third-order valence-corrected chi connectivity index (χ3v) is 1.91. The molecule has 2 nitrogen and oxygen atoms in total. The fraction of sp³-hybridized carbons (Fsp3) is 1.00. The van der Waals surface area contributed by atoms with E-state index in [4.69, 9.17) is 4.74 Å². The van der Waals surface area contributed by atoms with Gasteiger partial charge in [0.05, 0.1) is 13.2 Å². The number of morpholine rings is 1. The van der Waals surface area contributed by atoms with Gasteiger partial charge in [-0.15, -0.1) is 0 Å². The molecule has 0 saturated carbocycles. The van der Waals surface area contributed by atoms with Gasteiger partial charge < -0.3 is 4.74 Å². The fourth-order valence-electron chi connectivity index (χ4n) is 1.23. The summed E-state index contributed by atoms with van der Waals surface area (Å²) in [6, 6.07) is 0.628. The number of hydrogen-bond donors (Lipinski definition) is 0. The van der Waals surface area contributed by atoms with Crippen LogP contribution in [-0.4, -0.2) is 37.2 Å². The first-order chi connectivity index (χ1) is 5.34. The van der Waals surface area contributed by atoms with Crippen LogP contribution in [0, 0.1) is 0 Å². The zero-order chi connectivity index (χ0) is 8.69. The van der Waals surface area contributed by atoms with Gasteiger partial charge in [0.25, 0.3) is 0 Å². The van der Waals surface area contributed by atoms with Crippen molar-refractivity contribution >= 4 is 0 Å². The summed E-state index contributed by atoms with van der Waals surface area (Å²) >= 11 is 0. The molecule has 11 heavy (non-hydrogen) atoms. The minimum atomic E-state index is 0.628. The summed E-state index contributed by atoms with van der Waals surface area (Å²) in [5.74, 6) is 0. The maximum Gasteiger partial charge on any atom is 0.0619 e. The van der Waals surface area contributed by atoms with Gasteiger partial charge >= 0.3 is 0 Å². The van der Waals surface area contributed by atoms with Gasteiger partial charge in [-0.25, -0.2) is 0 Å². The van der Waals surface area contributed by atoms with Crippen LogP contribution in [0.1, 0.15) is 27.7 Å². The first kappa shape index (κ1) is 10.9. The van der Waals surface area contributed by atoms with Crippen molar-refractivity contribution in [2.45, 2.75) is 33.7 Å². The number of rotatable bonds is 1. The van der Waals surface area contributed by atoms with Crippen LogP contribution in [0.2, 0.25) is 0 Å². The monoisotopic (exact) mass is 159 g/mol. The van der Waals surface area contributed by atoms with E-state index >= 15 is 0 Å². The fourth-order valence-corrected chi connectivity index (χ4v) is 1.23. The van der Waals surface area contributed by atoms with E-state index in [1.54, 1.807) is 0 Å². The van der Waals surface area contributed by atoms with Crippen LogP contribution in [0.25, 0.3) is 0 Å². The van der Waals surface area contributed by atoms with Gasteiger partial charge in [0.1, 0.15) is 0 Å². The molecule has 0 aliphatic carbocycles. The summed E-state index contributed by atoms with van der Waals surface area (Å²) in [7, 11) is 0. The maximum atomic E-state index is 5.27. The molecule has 1 fully saturated rings. The lowest BCUT2D eigenvalue weighted by molar-refractivity contribution is 0.00245. The van der Waals surface area contributed by atoms with Gasteiger partial charge in [0.2, 0.25) is 0 Å². The highest BCUT2D eigenvalue weighted by Gasteiger charge is 2.15. The predicted molar refractivity (Wildman–Crippen MR) is 48.9 cm³/mol. The molecule has 2 heteroatoms. The van der Waals surface area contributed by atoms with E-state index in [-0.39, 0.29) is 0 Å². The highest BCUT2D eigenvalue weighted by Crippen LogP contribution is 2.03. The summed E-state index contributed by atoms with van der Waals surface area (Å²) in [6.07, 6.45) is 0. The van der Waals surface area contributed by atoms with Crippen molar-refractivity contribution in [3.05, 3.63) is 0 Å². The first-order valence-corrected chi connectivity index (χ1v) is 4.66. The van der Waals surface area contributed by atoms with Gasteiger partial charge in [-0.1, -0.05) is 20.8 Å². The number of hydrogen-bond acceptors (Lipinski definition) is 2. The van der Waals surface area contributed by atoms with Crippen LogP contribution < -0.4 is 0 Å². The lowest BCUT2D eigenvalue weighted by Gasteiger charge is -2.31. The Morgan fingerprint density at radius 1 is 1.45 bits per heavy atom. The minimum Gasteiger partial charge on any atom is -0.379 e. The lowest BCUT2D eigenvalue weighted by Crippen LogP contribution is -2.43. The molecule has 1 atom stereocenters. The number of ether oxygens (including phenoxy) is 1. The van der Waals surface area contributed by atoms with Crippen LogP contribution in [-0.2, 0) is 4.74 Å². The molecule has 1 aliphatic heterocycles. The second-order valence-electron chi connectivity index (χ2n) is 2.55. The summed E-state index contributed by atoms with van der Waals surface area (Å²) in [5.41, 5.74) is 0. The van der Waals surface area contributed by atoms with E-state index < -0.39 is 0 Å². The summed E-state index contributed by atoms with van der Waals surface area (Å²) in [4.78, 5) is 2.43. The van der Waals surface area contributed by atoms with Gasteiger partial charge in [0.15, 0.2) is 0 Å². The summed E-state index contributed by atoms with van der Waals surface area (Å²) in [5, 5.41) is 0. The zero-order valence-electron chi connectivity index (χ0n) is 8.26. The van der Waals surface area contributed by atoms with Crippen LogP contribution in [0.4, 0.5) is 0 Å². The van der Waals surface area contributed by atoms with Gasteiger partial charge in [-0.05, 0) is 13.5 Å². The molecule has 0 radical (unpaired) electrons. The van der Waals surface area contributed by atoms with Crippen molar-refractivity contribution in [2.75, 3.05) is 26.3 Å². The van der Waals surface area contributed by atoms with Crippen LogP contribution in [0.3, 0.4) is 0 Å². The number of likely N-dealkylation sites (N-methyl/N-ethyl adjacent to an activating group) is 1. The first-order valence-electron chi connectivity index (χ1n) is 4.66. The smallest absolute Gasteiger partial charge is 0.0619 e. The van der Waals surface area contributed by atoms with Gasteiger partial charge in [-0.3, -0.25) is 4.90 Å². The van der Waals surface area contributed by atoms with Crippen LogP contribution >= 0.6 is 0 Å². The van der Waals surface area contributed by atoms with E-state index in [0.717, 1.165) is 26.3 Å². The molecule has 0 aromatic heterocycles. The Balaban J connectivity index is 0.000000461. The highest BCUT2D eigenvalue weighted by atomic mass is 16.5. The largest absolute Gasteiger partial charge is 0.379 e. The molecule has 0 aromatic rings. The van der Waals surface area contributed by atoms with Crippen molar-refractivity contribution < 1.29 is 4.74 Å². The quantitative estimate of drug-likeness (QED) is 0.578. The van der Waals surface area contributed by atoms with Crippen molar-refractivity contribution in [3.63, 3.8) is 0 Å². The topological polar surface area (TPSA) is 12.5 Å². The third kappa shape index (κ3) is 3.73. The van der Waals surface area contributed by atoms with Gasteiger partial charge in [-0.2, -0.15) is 0 Å². The Morgan fingerprint density at radius 3 is 2.45 bits per heavy atom. The standard InChI is InChI=1S/C7H15NO.C2H6/c1-3-8-4-5-9-6-7(8)2;1-2/h7H,3-6H2,1-2H3;1-2H3. The molecule has 1 aliphatic rings. The highest BCUT2D eigenvalue weighted by molar-refractivity contribution is 4.68. The van der Waals surface area contributed by atoms with E-state index in [1.165, 1.54) is 0 Å². The molecule has 1 heterocycles. The lowest BCUT2D eigenvalue weighted by atomic mass is 10.2. The van der Waals surface area contributed by atoms with E-state index in [9.17, 15) is 0 Å². The van der Waals surface area contributed by atoms with Crippen LogP contribution in [0.15, 0.2) is 0 Å². The Bertz CT molecular complexity index is 85.6. The molecule has 0 spiro atoms. The molecule has 1 unspecified atom stereocenters. The molecular weight excluding hydrogens is 138 g/mol. The Hall–Kier alpha value is -0.0800. The molecule has 0 bridgehead atoms. The maximum absolute atomic E-state index is 5.27. The summed E-state index contributed by atoms with van der Waals surface area (Å²) in [6.45, 7) is 12.5. The Kier molecular flexibility index (Phi) is 6.57. The normalized spacial score (nSPS) is 25.6. The van der Waals surface area contributed by atoms with Crippen molar-refractivity contribution in [1.82, 2.24) is 4.90 Å². The van der Waals surface area contributed by atoms with Gasteiger partial charge in [0, 0.05) is 12.6 Å². The van der Waals surface area contributed by atoms with Crippen molar-refractivity contribution in [3.8, 4) is 0 Å². The second kappa shape index (κ2) is 6.62. The van der Waals surface area contributed by atoms with Crippen molar-refractivity contribution in [2.24, 2.45) is 0 Å². The zero-order valence-corrected chi connectivity index (χ0v) is 8.26. The average molecular weight is 159 g/mol. The Morgan fingerprint density at radius 2 is 2.09 bits per heavy atom. The molecule has 1 saturated heterocycles. The SMILES string of the molecule is CC.CCN1CCOCC1C. The average Bonchev–Trinajstić information content (AvgIpc) is 2.09. The van der Waals surface area contributed by atoms with Crippen molar-refractivity contribution in [1.29, 1.82) is 0 Å². The predicted octanol–water partition coefficient (Wildman–Crippen LogP) is 1.75. The Labute approximate surface area is 70.5 Å². The number of nitrogens with zero attached hydrogens (tertiary/aromatic N) is 1.